The van der Waals surface area contributed by atoms with Crippen molar-refractivity contribution in [3.63, 3.8) is 0 Å². The maximum absolute atomic E-state index is 11.6. The van der Waals surface area contributed by atoms with Crippen molar-refractivity contribution in [3.05, 3.63) is 29.8 Å². The van der Waals surface area contributed by atoms with E-state index in [1.165, 1.54) is 0 Å². The molecule has 1 aromatic carbocycles. The second-order valence-corrected chi connectivity index (χ2v) is 5.14. The maximum Gasteiger partial charge on any atom is 0.251 e. The minimum absolute atomic E-state index is 0.0162. The molecule has 0 saturated carbocycles. The fraction of sp³-hybridized carbons (Fsp3) is 0.500. The van der Waals surface area contributed by atoms with E-state index in [1.54, 1.807) is 0 Å². The Balaban J connectivity index is 2.85. The lowest BCUT2D eigenvalue weighted by Gasteiger charge is -2.34. The Labute approximate surface area is 104 Å². The Morgan fingerprint density at radius 2 is 1.76 bits per heavy atom. The highest BCUT2D eigenvalue weighted by Crippen LogP contribution is 2.21. The molecule has 1 amide bonds. The molecule has 0 aliphatic rings. The monoisotopic (exact) mass is 234 g/mol. The first-order valence-electron chi connectivity index (χ1n) is 5.98. The maximum atomic E-state index is 11.6. The second-order valence-electron chi connectivity index (χ2n) is 5.14. The summed E-state index contributed by atoms with van der Waals surface area (Å²) in [5.41, 5.74) is 1.90. The Kier molecular flexibility index (Phi) is 4.16. The molecule has 0 radical (unpaired) electrons. The summed E-state index contributed by atoms with van der Waals surface area (Å²) in [6.07, 6.45) is 0. The highest BCUT2D eigenvalue weighted by Gasteiger charge is 2.17. The van der Waals surface area contributed by atoms with Crippen molar-refractivity contribution in [2.24, 2.45) is 0 Å². The third-order valence-corrected chi connectivity index (χ3v) is 2.86. The molecule has 1 N–H and O–H groups in total. The largest absolute Gasteiger partial charge is 0.370 e. The van der Waals surface area contributed by atoms with E-state index >= 15 is 0 Å². The van der Waals surface area contributed by atoms with Gasteiger partial charge in [-0.15, -0.1) is 0 Å². The van der Waals surface area contributed by atoms with Gasteiger partial charge in [-0.25, -0.2) is 0 Å². The van der Waals surface area contributed by atoms with Crippen molar-refractivity contribution in [2.45, 2.75) is 33.2 Å². The van der Waals surface area contributed by atoms with Crippen LogP contribution in [0.25, 0.3) is 0 Å². The minimum atomic E-state index is -0.0162. The summed E-state index contributed by atoms with van der Waals surface area (Å²) in [5.74, 6) is -0.0162. The first-order valence-corrected chi connectivity index (χ1v) is 5.98. The van der Waals surface area contributed by atoms with E-state index in [4.69, 9.17) is 0 Å². The molecule has 1 rings (SSSR count). The van der Waals surface area contributed by atoms with Crippen LogP contribution in [0.15, 0.2) is 24.3 Å². The molecule has 17 heavy (non-hydrogen) atoms. The van der Waals surface area contributed by atoms with E-state index in [-0.39, 0.29) is 11.4 Å². The van der Waals surface area contributed by atoms with Gasteiger partial charge in [0, 0.05) is 30.4 Å². The summed E-state index contributed by atoms with van der Waals surface area (Å²) < 4.78 is 0. The Bertz CT molecular complexity index is 376. The average molecular weight is 234 g/mol. The van der Waals surface area contributed by atoms with Gasteiger partial charge in [0.05, 0.1) is 0 Å². The van der Waals surface area contributed by atoms with Crippen LogP contribution in [0.5, 0.6) is 0 Å². The van der Waals surface area contributed by atoms with Gasteiger partial charge < -0.3 is 10.2 Å². The lowest BCUT2D eigenvalue weighted by Crippen LogP contribution is -2.38. The van der Waals surface area contributed by atoms with Crippen LogP contribution < -0.4 is 10.2 Å². The molecule has 0 fully saturated rings. The molecule has 3 nitrogen and oxygen atoms in total. The molecule has 0 unspecified atom stereocenters. The quantitative estimate of drug-likeness (QED) is 0.872. The van der Waals surface area contributed by atoms with Crippen molar-refractivity contribution < 1.29 is 4.79 Å². The number of benzene rings is 1. The lowest BCUT2D eigenvalue weighted by molar-refractivity contribution is 0.0956. The molecule has 0 heterocycles. The van der Waals surface area contributed by atoms with E-state index in [0.29, 0.717) is 12.1 Å². The van der Waals surface area contributed by atoms with Crippen LogP contribution in [0.3, 0.4) is 0 Å². The molecule has 0 atom stereocenters. The van der Waals surface area contributed by atoms with Crippen LogP contribution in [-0.4, -0.2) is 25.0 Å². The first kappa shape index (κ1) is 13.6. The first-order chi connectivity index (χ1) is 7.86. The molecule has 1 aromatic rings. The van der Waals surface area contributed by atoms with Gasteiger partial charge in [0.15, 0.2) is 0 Å². The van der Waals surface area contributed by atoms with E-state index in [0.717, 1.165) is 5.69 Å². The topological polar surface area (TPSA) is 32.3 Å². The fourth-order valence-electron chi connectivity index (χ4n) is 1.49. The summed E-state index contributed by atoms with van der Waals surface area (Å²) in [6.45, 7) is 9.04. The molecule has 0 aliphatic heterocycles. The van der Waals surface area contributed by atoms with Gasteiger partial charge in [0.2, 0.25) is 0 Å². The summed E-state index contributed by atoms with van der Waals surface area (Å²) in [6, 6.07) is 7.69. The van der Waals surface area contributed by atoms with Crippen LogP contribution in [0.2, 0.25) is 0 Å². The van der Waals surface area contributed by atoms with Crippen molar-refractivity contribution in [1.29, 1.82) is 0 Å². The molecule has 0 aliphatic carbocycles. The van der Waals surface area contributed by atoms with Gasteiger partial charge in [-0.2, -0.15) is 0 Å². The van der Waals surface area contributed by atoms with Crippen molar-refractivity contribution in [3.8, 4) is 0 Å². The zero-order chi connectivity index (χ0) is 13.1. The summed E-state index contributed by atoms with van der Waals surface area (Å²) in [4.78, 5) is 13.8. The van der Waals surface area contributed by atoms with Crippen LogP contribution in [0.4, 0.5) is 5.69 Å². The zero-order valence-corrected chi connectivity index (χ0v) is 11.4. The number of nitrogens with zero attached hydrogens (tertiary/aromatic N) is 1. The van der Waals surface area contributed by atoms with E-state index in [9.17, 15) is 4.79 Å². The smallest absolute Gasteiger partial charge is 0.251 e. The molecule has 0 saturated heterocycles. The molecule has 94 valence electrons. The van der Waals surface area contributed by atoms with Crippen LogP contribution >= 0.6 is 0 Å². The van der Waals surface area contributed by atoms with Gasteiger partial charge in [0.25, 0.3) is 5.91 Å². The molecular formula is C14H22N2O. The van der Waals surface area contributed by atoms with Gasteiger partial charge in [0.1, 0.15) is 0 Å². The lowest BCUT2D eigenvalue weighted by atomic mass is 10.1. The summed E-state index contributed by atoms with van der Waals surface area (Å²) in [7, 11) is 2.06. The van der Waals surface area contributed by atoms with Crippen molar-refractivity contribution in [1.82, 2.24) is 5.32 Å². The number of anilines is 1. The SMILES string of the molecule is CCNC(=O)c1ccc(N(C)C(C)(C)C)cc1. The number of rotatable bonds is 3. The Morgan fingerprint density at radius 3 is 2.18 bits per heavy atom. The molecule has 3 heteroatoms. The minimum Gasteiger partial charge on any atom is -0.370 e. The predicted molar refractivity (Wildman–Crippen MR) is 72.6 cm³/mol. The zero-order valence-electron chi connectivity index (χ0n) is 11.4. The Morgan fingerprint density at radius 1 is 1.24 bits per heavy atom. The van der Waals surface area contributed by atoms with E-state index in [1.807, 2.05) is 31.2 Å². The van der Waals surface area contributed by atoms with Crippen LogP contribution in [0, 0.1) is 0 Å². The molecule has 0 bridgehead atoms. The second kappa shape index (κ2) is 5.21. The molecule has 0 aromatic heterocycles. The van der Waals surface area contributed by atoms with Crippen LogP contribution in [0.1, 0.15) is 38.1 Å². The highest BCUT2D eigenvalue weighted by molar-refractivity contribution is 5.94. The van der Waals surface area contributed by atoms with E-state index < -0.39 is 0 Å². The van der Waals surface area contributed by atoms with Gasteiger partial charge in [-0.05, 0) is 52.0 Å². The van der Waals surface area contributed by atoms with Crippen molar-refractivity contribution in [2.75, 3.05) is 18.5 Å². The average Bonchev–Trinajstić information content (AvgIpc) is 2.27. The van der Waals surface area contributed by atoms with E-state index in [2.05, 4.69) is 38.0 Å². The molecule has 0 spiro atoms. The fourth-order valence-corrected chi connectivity index (χ4v) is 1.49. The normalized spacial score (nSPS) is 11.1. The summed E-state index contributed by atoms with van der Waals surface area (Å²) in [5, 5.41) is 2.79. The number of hydrogen-bond acceptors (Lipinski definition) is 2. The standard InChI is InChI=1S/C14H22N2O/c1-6-15-13(17)11-7-9-12(10-8-11)16(5)14(2,3)4/h7-10H,6H2,1-5H3,(H,15,17). The highest BCUT2D eigenvalue weighted by atomic mass is 16.1. The predicted octanol–water partition coefficient (Wildman–Crippen LogP) is 2.67. The Hall–Kier alpha value is -1.51. The number of hydrogen-bond donors (Lipinski definition) is 1. The van der Waals surface area contributed by atoms with Gasteiger partial charge >= 0.3 is 0 Å². The number of carbonyl (C=O) groups is 1. The van der Waals surface area contributed by atoms with Crippen molar-refractivity contribution >= 4 is 11.6 Å². The third kappa shape index (κ3) is 3.48. The molecular weight excluding hydrogens is 212 g/mol. The van der Waals surface area contributed by atoms with Gasteiger partial charge in [-0.3, -0.25) is 4.79 Å². The summed E-state index contributed by atoms with van der Waals surface area (Å²) >= 11 is 0. The third-order valence-electron chi connectivity index (χ3n) is 2.86. The van der Waals surface area contributed by atoms with Gasteiger partial charge in [-0.1, -0.05) is 0 Å². The number of nitrogens with one attached hydrogen (secondary N) is 1. The number of carbonyl (C=O) groups excluding carboxylic acids is 1. The van der Waals surface area contributed by atoms with Crippen LogP contribution in [-0.2, 0) is 0 Å². The number of amides is 1.